The second kappa shape index (κ2) is 10.2. The van der Waals surface area contributed by atoms with Gasteiger partial charge in [-0.05, 0) is 60.6 Å². The van der Waals surface area contributed by atoms with E-state index in [4.69, 9.17) is 0 Å². The van der Waals surface area contributed by atoms with Gasteiger partial charge in [-0.3, -0.25) is 14.3 Å². The Balaban J connectivity index is 1.79. The molecule has 1 saturated heterocycles. The van der Waals surface area contributed by atoms with Crippen LogP contribution in [0.5, 0.6) is 0 Å². The van der Waals surface area contributed by atoms with Crippen LogP contribution in [0.2, 0.25) is 0 Å². The second-order valence-corrected chi connectivity index (χ2v) is 11.6. The number of hydrogen-bond acceptors (Lipinski definition) is 4. The zero-order valence-electron chi connectivity index (χ0n) is 20.6. The first kappa shape index (κ1) is 25.7. The number of nitrogens with one attached hydrogen (secondary N) is 2. The lowest BCUT2D eigenvalue weighted by molar-refractivity contribution is -0.121. The summed E-state index contributed by atoms with van der Waals surface area (Å²) in [5.74, 6) is -0.205. The second-order valence-electron chi connectivity index (χ2n) is 9.93. The molecular weight excluding hydrogens is 450 g/mol. The van der Waals surface area contributed by atoms with Gasteiger partial charge in [0.1, 0.15) is 0 Å². The van der Waals surface area contributed by atoms with Gasteiger partial charge >= 0.3 is 0 Å². The highest BCUT2D eigenvalue weighted by atomic mass is 32.2. The van der Waals surface area contributed by atoms with Gasteiger partial charge in [-0.25, -0.2) is 8.42 Å². The molecule has 34 heavy (non-hydrogen) atoms. The quantitative estimate of drug-likeness (QED) is 0.640. The Labute approximate surface area is 203 Å². The van der Waals surface area contributed by atoms with Crippen molar-refractivity contribution < 1.29 is 18.0 Å². The first-order chi connectivity index (χ1) is 15.9. The van der Waals surface area contributed by atoms with Gasteiger partial charge in [0.05, 0.1) is 4.90 Å². The van der Waals surface area contributed by atoms with Crippen molar-refractivity contribution in [3.63, 3.8) is 0 Å². The van der Waals surface area contributed by atoms with Gasteiger partial charge in [-0.2, -0.15) is 0 Å². The number of piperidine rings is 1. The summed E-state index contributed by atoms with van der Waals surface area (Å²) < 4.78 is 29.1. The molecule has 2 amide bonds. The Morgan fingerprint density at radius 3 is 2.53 bits per heavy atom. The van der Waals surface area contributed by atoms with Crippen LogP contribution < -0.4 is 10.0 Å². The molecule has 0 aliphatic carbocycles. The third-order valence-electron chi connectivity index (χ3n) is 6.10. The minimum Gasteiger partial charge on any atom is -0.352 e. The summed E-state index contributed by atoms with van der Waals surface area (Å²) in [7, 11) is -3.84. The Hall–Kier alpha value is -2.87. The van der Waals surface area contributed by atoms with Crippen molar-refractivity contribution in [2.75, 3.05) is 17.8 Å². The van der Waals surface area contributed by atoms with E-state index < -0.39 is 10.0 Å². The molecule has 0 aromatic heterocycles. The molecule has 0 bridgehead atoms. The number of nitrogens with zero attached hydrogens (tertiary/aromatic N) is 1. The fourth-order valence-corrected chi connectivity index (χ4v) is 5.39. The molecular formula is C26H35N3O4S. The van der Waals surface area contributed by atoms with Crippen molar-refractivity contribution in [3.05, 3.63) is 59.2 Å². The molecule has 1 atom stereocenters. The molecule has 2 N–H and O–H groups in total. The average molecular weight is 486 g/mol. The molecule has 0 saturated carbocycles. The number of anilines is 1. The molecule has 1 heterocycles. The maximum Gasteiger partial charge on any atom is 0.262 e. The van der Waals surface area contributed by atoms with Crippen molar-refractivity contribution >= 4 is 27.5 Å². The summed E-state index contributed by atoms with van der Waals surface area (Å²) in [6, 6.07) is 12.0. The lowest BCUT2D eigenvalue weighted by Gasteiger charge is -2.33. The van der Waals surface area contributed by atoms with Gasteiger partial charge in [0.15, 0.2) is 0 Å². The van der Waals surface area contributed by atoms with E-state index in [1.807, 2.05) is 32.9 Å². The van der Waals surface area contributed by atoms with Crippen molar-refractivity contribution in [2.45, 2.75) is 70.2 Å². The molecule has 7 nitrogen and oxygen atoms in total. The van der Waals surface area contributed by atoms with Crippen LogP contribution in [-0.2, 0) is 20.2 Å². The fraction of sp³-hybridized carbons (Fsp3) is 0.462. The van der Waals surface area contributed by atoms with E-state index >= 15 is 0 Å². The van der Waals surface area contributed by atoms with Crippen LogP contribution in [0.25, 0.3) is 0 Å². The van der Waals surface area contributed by atoms with Gasteiger partial charge in [-0.15, -0.1) is 0 Å². The SMILES string of the molecule is CCC(=O)NC1CCCN(C(=O)c2cccc(NS(=O)(=O)c3cc(C(C)(C)C)ccc3C)c2)C1. The number of sulfonamides is 1. The summed E-state index contributed by atoms with van der Waals surface area (Å²) in [5.41, 5.74) is 2.13. The Kier molecular flexibility index (Phi) is 7.70. The lowest BCUT2D eigenvalue weighted by atomic mass is 9.87. The molecule has 184 valence electrons. The Bertz CT molecular complexity index is 1170. The molecule has 0 radical (unpaired) electrons. The standard InChI is InChI=1S/C26H35N3O4S/c1-6-24(30)27-22-11-8-14-29(17-22)25(31)19-9-7-10-21(15-19)28-34(32,33)23-16-20(26(3,4)5)13-12-18(23)2/h7,9-10,12-13,15-16,22,28H,6,8,11,14,17H2,1-5H3,(H,27,30). The normalized spacial score (nSPS) is 16.7. The molecule has 8 heteroatoms. The zero-order chi connectivity index (χ0) is 25.1. The van der Waals surface area contributed by atoms with Gasteiger partial charge in [0, 0.05) is 36.8 Å². The van der Waals surface area contributed by atoms with Crippen LogP contribution >= 0.6 is 0 Å². The number of amides is 2. The Morgan fingerprint density at radius 2 is 1.85 bits per heavy atom. The van der Waals surface area contributed by atoms with Crippen LogP contribution in [-0.4, -0.2) is 44.3 Å². The van der Waals surface area contributed by atoms with E-state index in [2.05, 4.69) is 10.0 Å². The number of benzene rings is 2. The number of aryl methyl sites for hydroxylation is 1. The maximum atomic E-state index is 13.2. The van der Waals surface area contributed by atoms with Crippen molar-refractivity contribution in [2.24, 2.45) is 0 Å². The predicted molar refractivity (Wildman–Crippen MR) is 134 cm³/mol. The molecule has 1 aliphatic rings. The van der Waals surface area contributed by atoms with E-state index in [-0.39, 0.29) is 28.2 Å². The van der Waals surface area contributed by atoms with Crippen LogP contribution in [0, 0.1) is 6.92 Å². The molecule has 2 aromatic carbocycles. The zero-order valence-corrected chi connectivity index (χ0v) is 21.5. The molecule has 2 aromatic rings. The van der Waals surface area contributed by atoms with E-state index in [1.165, 1.54) is 0 Å². The lowest BCUT2D eigenvalue weighted by Crippen LogP contribution is -2.49. The van der Waals surface area contributed by atoms with Crippen LogP contribution in [0.4, 0.5) is 5.69 Å². The van der Waals surface area contributed by atoms with E-state index in [9.17, 15) is 18.0 Å². The third-order valence-corrected chi connectivity index (χ3v) is 7.62. The monoisotopic (exact) mass is 485 g/mol. The first-order valence-electron chi connectivity index (χ1n) is 11.7. The number of likely N-dealkylation sites (tertiary alicyclic amines) is 1. The minimum atomic E-state index is -3.84. The number of carbonyl (C=O) groups excluding carboxylic acids is 2. The van der Waals surface area contributed by atoms with Gasteiger partial charge in [0.2, 0.25) is 5.91 Å². The minimum absolute atomic E-state index is 0.0264. The first-order valence-corrected chi connectivity index (χ1v) is 13.2. The van der Waals surface area contributed by atoms with Crippen molar-refractivity contribution in [1.82, 2.24) is 10.2 Å². The van der Waals surface area contributed by atoms with E-state index in [0.717, 1.165) is 18.4 Å². The summed E-state index contributed by atoms with van der Waals surface area (Å²) in [6.07, 6.45) is 2.04. The molecule has 1 unspecified atom stereocenters. The smallest absolute Gasteiger partial charge is 0.262 e. The molecule has 1 fully saturated rings. The van der Waals surface area contributed by atoms with E-state index in [1.54, 1.807) is 49.1 Å². The maximum absolute atomic E-state index is 13.2. The molecule has 3 rings (SSSR count). The number of rotatable bonds is 6. The fourth-order valence-electron chi connectivity index (χ4n) is 4.07. The van der Waals surface area contributed by atoms with Gasteiger partial charge < -0.3 is 10.2 Å². The summed E-state index contributed by atoms with van der Waals surface area (Å²) in [4.78, 5) is 26.8. The highest BCUT2D eigenvalue weighted by Gasteiger charge is 2.26. The molecule has 0 spiro atoms. The van der Waals surface area contributed by atoms with E-state index in [0.29, 0.717) is 36.3 Å². The van der Waals surface area contributed by atoms with Crippen molar-refractivity contribution in [1.29, 1.82) is 0 Å². The van der Waals surface area contributed by atoms with Gasteiger partial charge in [-0.1, -0.05) is 45.9 Å². The highest BCUT2D eigenvalue weighted by molar-refractivity contribution is 7.92. The van der Waals surface area contributed by atoms with Crippen LogP contribution in [0.3, 0.4) is 0 Å². The number of carbonyl (C=O) groups is 2. The third kappa shape index (κ3) is 6.17. The average Bonchev–Trinajstić information content (AvgIpc) is 2.78. The van der Waals surface area contributed by atoms with Gasteiger partial charge in [0.25, 0.3) is 15.9 Å². The predicted octanol–water partition coefficient (Wildman–Crippen LogP) is 4.22. The Morgan fingerprint density at radius 1 is 1.12 bits per heavy atom. The largest absolute Gasteiger partial charge is 0.352 e. The summed E-state index contributed by atoms with van der Waals surface area (Å²) in [6.45, 7) is 10.7. The van der Waals surface area contributed by atoms with Crippen molar-refractivity contribution in [3.8, 4) is 0 Å². The van der Waals surface area contributed by atoms with Crippen LogP contribution in [0.15, 0.2) is 47.4 Å². The molecule has 1 aliphatic heterocycles. The highest BCUT2D eigenvalue weighted by Crippen LogP contribution is 2.28. The van der Waals surface area contributed by atoms with Crippen LogP contribution in [0.1, 0.15) is 68.4 Å². The summed E-state index contributed by atoms with van der Waals surface area (Å²) in [5, 5.41) is 2.96. The number of hydrogen-bond donors (Lipinski definition) is 2. The topological polar surface area (TPSA) is 95.6 Å². The summed E-state index contributed by atoms with van der Waals surface area (Å²) >= 11 is 0.